The van der Waals surface area contributed by atoms with Crippen LogP contribution in [0.4, 0.5) is 0 Å². The lowest BCUT2D eigenvalue weighted by atomic mass is 10.0. The maximum Gasteiger partial charge on any atom is 0.224 e. The Morgan fingerprint density at radius 2 is 1.35 bits per heavy atom. The molecule has 132 valence electrons. The highest BCUT2D eigenvalue weighted by Gasteiger charge is 2.09. The molecule has 26 heavy (non-hydrogen) atoms. The Morgan fingerprint density at radius 1 is 0.769 bits per heavy atom. The van der Waals surface area contributed by atoms with E-state index in [4.69, 9.17) is 0 Å². The zero-order chi connectivity index (χ0) is 18.2. The molecule has 0 aliphatic carbocycles. The molecule has 0 fully saturated rings. The molecule has 0 radical (unpaired) electrons. The monoisotopic (exact) mass is 343 g/mol. The summed E-state index contributed by atoms with van der Waals surface area (Å²) in [6, 6.07) is 29.1. The molecule has 1 atom stereocenters. The SMILES string of the molecule is C[C@H](CCc1ccccc1)NC(=O)Cc1ccc(-c2ccccc2)cc1. The number of nitrogens with one attached hydrogen (secondary N) is 1. The summed E-state index contributed by atoms with van der Waals surface area (Å²) in [6.07, 6.45) is 2.35. The summed E-state index contributed by atoms with van der Waals surface area (Å²) in [6.45, 7) is 2.07. The molecule has 1 amide bonds. The number of benzene rings is 3. The second kappa shape index (κ2) is 9.00. The molecule has 0 spiro atoms. The molecule has 1 N–H and O–H groups in total. The van der Waals surface area contributed by atoms with Crippen LogP contribution in [0, 0.1) is 0 Å². The third-order valence-corrected chi connectivity index (χ3v) is 4.54. The van der Waals surface area contributed by atoms with Gasteiger partial charge in [-0.3, -0.25) is 4.79 Å². The second-order valence-electron chi connectivity index (χ2n) is 6.73. The third-order valence-electron chi connectivity index (χ3n) is 4.54. The Labute approximate surface area is 155 Å². The van der Waals surface area contributed by atoms with E-state index in [1.54, 1.807) is 0 Å². The smallest absolute Gasteiger partial charge is 0.224 e. The highest BCUT2D eigenvalue weighted by molar-refractivity contribution is 5.79. The Kier molecular flexibility index (Phi) is 6.21. The minimum atomic E-state index is 0.0815. The summed E-state index contributed by atoms with van der Waals surface area (Å²) in [7, 11) is 0. The average Bonchev–Trinajstić information content (AvgIpc) is 2.68. The Balaban J connectivity index is 1.48. The zero-order valence-corrected chi connectivity index (χ0v) is 15.2. The van der Waals surface area contributed by atoms with Crippen molar-refractivity contribution in [2.75, 3.05) is 0 Å². The maximum absolute atomic E-state index is 12.3. The first-order valence-electron chi connectivity index (χ1n) is 9.18. The van der Waals surface area contributed by atoms with Gasteiger partial charge < -0.3 is 5.32 Å². The van der Waals surface area contributed by atoms with Gasteiger partial charge in [0.25, 0.3) is 0 Å². The predicted octanol–water partition coefficient (Wildman–Crippen LogP) is 5.03. The van der Waals surface area contributed by atoms with Crippen molar-refractivity contribution in [2.45, 2.75) is 32.2 Å². The van der Waals surface area contributed by atoms with Crippen LogP contribution in [0.3, 0.4) is 0 Å². The standard InChI is InChI=1S/C24H25NO/c1-19(12-13-20-8-4-2-5-9-20)25-24(26)18-21-14-16-23(17-15-21)22-10-6-3-7-11-22/h2-11,14-17,19H,12-13,18H2,1H3,(H,25,26)/t19-/m1/s1. The van der Waals surface area contributed by atoms with Crippen molar-refractivity contribution in [2.24, 2.45) is 0 Å². The first kappa shape index (κ1) is 17.9. The van der Waals surface area contributed by atoms with E-state index in [2.05, 4.69) is 60.8 Å². The fraction of sp³-hybridized carbons (Fsp3) is 0.208. The summed E-state index contributed by atoms with van der Waals surface area (Å²) in [4.78, 5) is 12.3. The molecular weight excluding hydrogens is 318 g/mol. The predicted molar refractivity (Wildman–Crippen MR) is 108 cm³/mol. The van der Waals surface area contributed by atoms with Crippen LogP contribution in [0.5, 0.6) is 0 Å². The number of hydrogen-bond acceptors (Lipinski definition) is 1. The summed E-state index contributed by atoms with van der Waals surface area (Å²) in [5.74, 6) is 0.0815. The van der Waals surface area contributed by atoms with Gasteiger partial charge >= 0.3 is 0 Å². The molecule has 0 aliphatic heterocycles. The largest absolute Gasteiger partial charge is 0.353 e. The number of rotatable bonds is 7. The lowest BCUT2D eigenvalue weighted by Crippen LogP contribution is -2.34. The first-order valence-corrected chi connectivity index (χ1v) is 9.18. The van der Waals surface area contributed by atoms with Crippen molar-refractivity contribution in [3.8, 4) is 11.1 Å². The first-order chi connectivity index (χ1) is 12.7. The molecule has 0 aliphatic rings. The molecule has 2 nitrogen and oxygen atoms in total. The number of carbonyl (C=O) groups is 1. The van der Waals surface area contributed by atoms with Crippen LogP contribution in [0.15, 0.2) is 84.9 Å². The number of carbonyl (C=O) groups excluding carboxylic acids is 1. The Hall–Kier alpha value is -2.87. The van der Waals surface area contributed by atoms with Crippen LogP contribution in [0.1, 0.15) is 24.5 Å². The van der Waals surface area contributed by atoms with Gasteiger partial charge in [0, 0.05) is 6.04 Å². The Morgan fingerprint density at radius 3 is 2.00 bits per heavy atom. The van der Waals surface area contributed by atoms with Gasteiger partial charge in [-0.25, -0.2) is 0 Å². The van der Waals surface area contributed by atoms with Crippen LogP contribution < -0.4 is 5.32 Å². The molecule has 3 aromatic rings. The number of hydrogen-bond donors (Lipinski definition) is 1. The van der Waals surface area contributed by atoms with Crippen molar-refractivity contribution >= 4 is 5.91 Å². The second-order valence-corrected chi connectivity index (χ2v) is 6.73. The number of amides is 1. The molecule has 0 heterocycles. The zero-order valence-electron chi connectivity index (χ0n) is 15.2. The highest BCUT2D eigenvalue weighted by atomic mass is 16.1. The molecule has 0 saturated carbocycles. The van der Waals surface area contributed by atoms with Crippen LogP contribution in [0.2, 0.25) is 0 Å². The summed E-state index contributed by atoms with van der Waals surface area (Å²) < 4.78 is 0. The summed E-state index contributed by atoms with van der Waals surface area (Å²) in [5, 5.41) is 3.11. The Bertz CT molecular complexity index is 810. The van der Waals surface area contributed by atoms with Gasteiger partial charge in [0.15, 0.2) is 0 Å². The van der Waals surface area contributed by atoms with Gasteiger partial charge in [-0.1, -0.05) is 84.9 Å². The van der Waals surface area contributed by atoms with Gasteiger partial charge in [0.1, 0.15) is 0 Å². The van der Waals surface area contributed by atoms with Crippen molar-refractivity contribution in [1.29, 1.82) is 0 Å². The molecule has 0 aromatic heterocycles. The van der Waals surface area contributed by atoms with E-state index < -0.39 is 0 Å². The van der Waals surface area contributed by atoms with Crippen molar-refractivity contribution in [3.63, 3.8) is 0 Å². The molecule has 3 aromatic carbocycles. The molecule has 3 rings (SSSR count). The average molecular weight is 343 g/mol. The van der Waals surface area contributed by atoms with E-state index in [0.717, 1.165) is 18.4 Å². The van der Waals surface area contributed by atoms with Gasteiger partial charge in [-0.2, -0.15) is 0 Å². The minimum absolute atomic E-state index is 0.0815. The summed E-state index contributed by atoms with van der Waals surface area (Å²) >= 11 is 0. The molecule has 2 heteroatoms. The molecule has 0 unspecified atom stereocenters. The van der Waals surface area contributed by atoms with E-state index in [9.17, 15) is 4.79 Å². The van der Waals surface area contributed by atoms with E-state index in [1.165, 1.54) is 16.7 Å². The number of aryl methyl sites for hydroxylation is 1. The molecule has 0 saturated heterocycles. The van der Waals surface area contributed by atoms with Crippen molar-refractivity contribution < 1.29 is 4.79 Å². The van der Waals surface area contributed by atoms with E-state index in [-0.39, 0.29) is 11.9 Å². The maximum atomic E-state index is 12.3. The molecular formula is C24H25NO. The summed E-state index contributed by atoms with van der Waals surface area (Å²) in [5.41, 5.74) is 4.71. The lowest BCUT2D eigenvalue weighted by molar-refractivity contribution is -0.121. The van der Waals surface area contributed by atoms with E-state index in [1.807, 2.05) is 36.4 Å². The van der Waals surface area contributed by atoms with E-state index >= 15 is 0 Å². The third kappa shape index (κ3) is 5.32. The van der Waals surface area contributed by atoms with Gasteiger partial charge in [-0.15, -0.1) is 0 Å². The fourth-order valence-electron chi connectivity index (χ4n) is 3.06. The van der Waals surface area contributed by atoms with Gasteiger partial charge in [0.2, 0.25) is 5.91 Å². The van der Waals surface area contributed by atoms with E-state index in [0.29, 0.717) is 6.42 Å². The normalized spacial score (nSPS) is 11.7. The van der Waals surface area contributed by atoms with Crippen molar-refractivity contribution in [3.05, 3.63) is 96.1 Å². The molecule has 0 bridgehead atoms. The highest BCUT2D eigenvalue weighted by Crippen LogP contribution is 2.19. The van der Waals surface area contributed by atoms with Crippen LogP contribution in [0.25, 0.3) is 11.1 Å². The topological polar surface area (TPSA) is 29.1 Å². The van der Waals surface area contributed by atoms with Gasteiger partial charge in [-0.05, 0) is 42.0 Å². The van der Waals surface area contributed by atoms with Crippen molar-refractivity contribution in [1.82, 2.24) is 5.32 Å². The van der Waals surface area contributed by atoms with Crippen LogP contribution in [-0.4, -0.2) is 11.9 Å². The minimum Gasteiger partial charge on any atom is -0.353 e. The van der Waals surface area contributed by atoms with Crippen LogP contribution in [-0.2, 0) is 17.6 Å². The van der Waals surface area contributed by atoms with Crippen LogP contribution >= 0.6 is 0 Å². The fourth-order valence-corrected chi connectivity index (χ4v) is 3.06. The van der Waals surface area contributed by atoms with Gasteiger partial charge in [0.05, 0.1) is 6.42 Å². The lowest BCUT2D eigenvalue weighted by Gasteiger charge is -2.14. The quantitative estimate of drug-likeness (QED) is 0.640.